The Labute approximate surface area is 197 Å². The van der Waals surface area contributed by atoms with E-state index in [1.165, 1.54) is 0 Å². The normalized spacial score (nSPS) is 15.0. The van der Waals surface area contributed by atoms with E-state index in [-0.39, 0.29) is 17.1 Å². The molecule has 0 bridgehead atoms. The number of fused-ring (bicyclic) bond motifs is 2. The third-order valence-corrected chi connectivity index (χ3v) is 6.30. The fourth-order valence-corrected chi connectivity index (χ4v) is 4.51. The lowest BCUT2D eigenvalue weighted by Crippen LogP contribution is -2.29. The molecule has 1 unspecified atom stereocenters. The highest BCUT2D eigenvalue weighted by Crippen LogP contribution is 2.42. The summed E-state index contributed by atoms with van der Waals surface area (Å²) in [5, 5.41) is 0.466. The van der Waals surface area contributed by atoms with Gasteiger partial charge in [-0.25, -0.2) is 0 Å². The van der Waals surface area contributed by atoms with Crippen LogP contribution < -0.4 is 19.8 Å². The first kappa shape index (κ1) is 21.8. The van der Waals surface area contributed by atoms with Crippen LogP contribution in [-0.4, -0.2) is 19.6 Å². The van der Waals surface area contributed by atoms with Gasteiger partial charge in [-0.15, -0.1) is 0 Å². The minimum absolute atomic E-state index is 0.0652. The van der Waals surface area contributed by atoms with Gasteiger partial charge in [-0.3, -0.25) is 14.5 Å². The first-order chi connectivity index (χ1) is 16.4. The number of rotatable bonds is 5. The van der Waals surface area contributed by atoms with Crippen molar-refractivity contribution in [3.8, 4) is 11.5 Å². The summed E-state index contributed by atoms with van der Waals surface area (Å²) in [5.74, 6) is 0.976. The van der Waals surface area contributed by atoms with Crippen LogP contribution in [0.15, 0.2) is 69.9 Å². The lowest BCUT2D eigenvalue weighted by Gasteiger charge is -2.26. The number of benzene rings is 3. The van der Waals surface area contributed by atoms with Gasteiger partial charge < -0.3 is 13.9 Å². The van der Waals surface area contributed by atoms with E-state index in [1.807, 2.05) is 75.4 Å². The second-order valence-electron chi connectivity index (χ2n) is 8.39. The number of nitrogens with zero attached hydrogens (tertiary/aromatic N) is 1. The van der Waals surface area contributed by atoms with Crippen molar-refractivity contribution in [1.29, 1.82) is 0 Å². The summed E-state index contributed by atoms with van der Waals surface area (Å²) >= 11 is 0. The summed E-state index contributed by atoms with van der Waals surface area (Å²) in [6.07, 6.45) is 0. The molecule has 0 radical (unpaired) electrons. The summed E-state index contributed by atoms with van der Waals surface area (Å²) < 4.78 is 17.2. The van der Waals surface area contributed by atoms with Crippen molar-refractivity contribution in [2.24, 2.45) is 0 Å². The molecule has 6 heteroatoms. The summed E-state index contributed by atoms with van der Waals surface area (Å²) in [6.45, 7) is 6.33. The van der Waals surface area contributed by atoms with Crippen molar-refractivity contribution in [1.82, 2.24) is 0 Å². The number of methoxy groups -OCH3 is 1. The molecule has 5 rings (SSSR count). The highest BCUT2D eigenvalue weighted by Gasteiger charge is 2.44. The highest BCUT2D eigenvalue weighted by atomic mass is 16.5. The molecule has 0 saturated carbocycles. The van der Waals surface area contributed by atoms with E-state index in [9.17, 15) is 9.59 Å². The second-order valence-corrected chi connectivity index (χ2v) is 8.39. The number of aryl methyl sites for hydroxylation is 2. The van der Waals surface area contributed by atoms with Gasteiger partial charge in [0.1, 0.15) is 17.1 Å². The Morgan fingerprint density at radius 1 is 0.941 bits per heavy atom. The quantitative estimate of drug-likeness (QED) is 0.394. The molecular formula is C28H25NO5. The summed E-state index contributed by atoms with van der Waals surface area (Å²) in [5.41, 5.74) is 3.89. The largest absolute Gasteiger partial charge is 0.497 e. The minimum atomic E-state index is -0.669. The van der Waals surface area contributed by atoms with Gasteiger partial charge in [0.2, 0.25) is 5.76 Å². The van der Waals surface area contributed by atoms with E-state index in [4.69, 9.17) is 13.9 Å². The maximum Gasteiger partial charge on any atom is 0.295 e. The maximum atomic E-state index is 13.8. The summed E-state index contributed by atoms with van der Waals surface area (Å²) in [6, 6.07) is 17.7. The number of amides is 1. The van der Waals surface area contributed by atoms with Crippen LogP contribution >= 0.6 is 0 Å². The molecule has 1 amide bonds. The average Bonchev–Trinajstić information content (AvgIpc) is 3.13. The third-order valence-electron chi connectivity index (χ3n) is 6.30. The molecule has 1 aromatic heterocycles. The van der Waals surface area contributed by atoms with E-state index in [2.05, 4.69) is 0 Å². The lowest BCUT2D eigenvalue weighted by molar-refractivity contribution is 0.0971. The molecule has 6 nitrogen and oxygen atoms in total. The van der Waals surface area contributed by atoms with Gasteiger partial charge in [0.15, 0.2) is 5.43 Å². The molecule has 0 spiro atoms. The molecule has 172 valence electrons. The zero-order chi connectivity index (χ0) is 24.0. The van der Waals surface area contributed by atoms with Gasteiger partial charge in [0.05, 0.1) is 30.7 Å². The van der Waals surface area contributed by atoms with Gasteiger partial charge in [-0.2, -0.15) is 0 Å². The Kier molecular flexibility index (Phi) is 5.36. The Bertz CT molecular complexity index is 1490. The van der Waals surface area contributed by atoms with Crippen LogP contribution in [0.1, 0.15) is 45.8 Å². The molecule has 1 aliphatic rings. The van der Waals surface area contributed by atoms with Crippen LogP contribution in [0.3, 0.4) is 0 Å². The van der Waals surface area contributed by atoms with E-state index in [0.717, 1.165) is 16.7 Å². The zero-order valence-corrected chi connectivity index (χ0v) is 19.5. The van der Waals surface area contributed by atoms with Crippen molar-refractivity contribution < 1.29 is 18.7 Å². The van der Waals surface area contributed by atoms with Gasteiger partial charge >= 0.3 is 0 Å². The molecule has 2 heterocycles. The van der Waals surface area contributed by atoms with Crippen LogP contribution in [0.2, 0.25) is 0 Å². The fourth-order valence-electron chi connectivity index (χ4n) is 4.51. The SMILES string of the molecule is CCOc1cccc(C2c3c(oc4cc(C)c(C)cc4c3=O)C(=O)N2c2cccc(OC)c2)c1. The predicted molar refractivity (Wildman–Crippen MR) is 131 cm³/mol. The van der Waals surface area contributed by atoms with E-state index >= 15 is 0 Å². The van der Waals surface area contributed by atoms with Crippen LogP contribution in [-0.2, 0) is 0 Å². The number of carbonyl (C=O) groups is 1. The fraction of sp³-hybridized carbons (Fsp3) is 0.214. The summed E-state index contributed by atoms with van der Waals surface area (Å²) in [7, 11) is 1.57. The minimum Gasteiger partial charge on any atom is -0.497 e. The number of hydrogen-bond acceptors (Lipinski definition) is 5. The number of ether oxygens (including phenoxy) is 2. The average molecular weight is 456 g/mol. The van der Waals surface area contributed by atoms with Gasteiger partial charge in [0, 0.05) is 11.8 Å². The lowest BCUT2D eigenvalue weighted by atomic mass is 9.97. The van der Waals surface area contributed by atoms with E-state index in [1.54, 1.807) is 18.1 Å². The topological polar surface area (TPSA) is 69.0 Å². The number of hydrogen-bond donors (Lipinski definition) is 0. The van der Waals surface area contributed by atoms with E-state index < -0.39 is 6.04 Å². The Morgan fingerprint density at radius 2 is 1.68 bits per heavy atom. The molecule has 4 aromatic rings. The first-order valence-corrected chi connectivity index (χ1v) is 11.2. The molecule has 0 fully saturated rings. The zero-order valence-electron chi connectivity index (χ0n) is 19.5. The van der Waals surface area contributed by atoms with Gasteiger partial charge in [0.25, 0.3) is 5.91 Å². The Hall–Kier alpha value is -4.06. The molecule has 34 heavy (non-hydrogen) atoms. The second kappa shape index (κ2) is 8.37. The van der Waals surface area contributed by atoms with Gasteiger partial charge in [-0.05, 0) is 73.9 Å². The Balaban J connectivity index is 1.80. The smallest absolute Gasteiger partial charge is 0.295 e. The van der Waals surface area contributed by atoms with Crippen LogP contribution in [0.25, 0.3) is 11.0 Å². The molecule has 3 aromatic carbocycles. The molecule has 0 N–H and O–H groups in total. The summed E-state index contributed by atoms with van der Waals surface area (Å²) in [4.78, 5) is 29.2. The van der Waals surface area contributed by atoms with Crippen LogP contribution in [0, 0.1) is 13.8 Å². The molecule has 0 saturated heterocycles. The standard InChI is InChI=1S/C28H25NO5/c1-5-33-21-11-6-8-18(14-21)25-24-26(30)22-12-16(2)17(3)13-23(22)34-27(24)28(31)29(25)19-9-7-10-20(15-19)32-4/h6-15,25H,5H2,1-4H3. The number of carbonyl (C=O) groups excluding carboxylic acids is 1. The molecule has 0 aliphatic carbocycles. The van der Waals surface area contributed by atoms with Crippen LogP contribution in [0.4, 0.5) is 5.69 Å². The third kappa shape index (κ3) is 3.43. The molecule has 1 aliphatic heterocycles. The van der Waals surface area contributed by atoms with Gasteiger partial charge in [-0.1, -0.05) is 18.2 Å². The van der Waals surface area contributed by atoms with Crippen LogP contribution in [0.5, 0.6) is 11.5 Å². The predicted octanol–water partition coefficient (Wildman–Crippen LogP) is 5.57. The first-order valence-electron chi connectivity index (χ1n) is 11.2. The highest BCUT2D eigenvalue weighted by molar-refractivity contribution is 6.10. The molecular weight excluding hydrogens is 430 g/mol. The number of anilines is 1. The van der Waals surface area contributed by atoms with Crippen molar-refractivity contribution in [2.45, 2.75) is 26.8 Å². The van der Waals surface area contributed by atoms with Crippen molar-refractivity contribution in [2.75, 3.05) is 18.6 Å². The van der Waals surface area contributed by atoms with Crippen molar-refractivity contribution >= 4 is 22.6 Å². The van der Waals surface area contributed by atoms with Crippen molar-refractivity contribution in [3.63, 3.8) is 0 Å². The molecule has 1 atom stereocenters. The monoisotopic (exact) mass is 455 g/mol. The van der Waals surface area contributed by atoms with Crippen molar-refractivity contribution in [3.05, 3.63) is 98.9 Å². The maximum absolute atomic E-state index is 13.8. The van der Waals surface area contributed by atoms with E-state index in [0.29, 0.717) is 40.3 Å². The Morgan fingerprint density at radius 3 is 2.44 bits per heavy atom.